The van der Waals surface area contributed by atoms with Gasteiger partial charge < -0.3 is 14.9 Å². The zero-order chi connectivity index (χ0) is 16.1. The van der Waals surface area contributed by atoms with Gasteiger partial charge in [0, 0.05) is 25.2 Å². The van der Waals surface area contributed by atoms with Crippen LogP contribution in [-0.4, -0.2) is 59.0 Å². The van der Waals surface area contributed by atoms with E-state index in [9.17, 15) is 19.1 Å². The molecule has 1 unspecified atom stereocenters. The Hall–Kier alpha value is -2.46. The van der Waals surface area contributed by atoms with Gasteiger partial charge in [0.15, 0.2) is 0 Å². The van der Waals surface area contributed by atoms with Crippen LogP contribution in [0.4, 0.5) is 4.39 Å². The van der Waals surface area contributed by atoms with Crippen molar-refractivity contribution in [3.63, 3.8) is 0 Å². The third-order valence-corrected chi connectivity index (χ3v) is 3.41. The van der Waals surface area contributed by atoms with E-state index in [1.54, 1.807) is 0 Å². The smallest absolute Gasteiger partial charge is 0.254 e. The molecule has 1 aliphatic rings. The van der Waals surface area contributed by atoms with Crippen molar-refractivity contribution in [3.8, 4) is 6.07 Å². The molecule has 1 fully saturated rings. The van der Waals surface area contributed by atoms with Crippen molar-refractivity contribution < 1.29 is 19.1 Å². The Kier molecular flexibility index (Phi) is 5.07. The summed E-state index contributed by atoms with van der Waals surface area (Å²) in [4.78, 5) is 27.1. The number of hydrogen-bond donors (Lipinski definition) is 1. The molecule has 0 aromatic heterocycles. The average Bonchev–Trinajstić information content (AvgIpc) is 2.64. The minimum atomic E-state index is -0.880. The summed E-state index contributed by atoms with van der Waals surface area (Å²) in [6, 6.07) is 6.96. The summed E-state index contributed by atoms with van der Waals surface area (Å²) in [6.07, 6.45) is -0.709. The average molecular weight is 305 g/mol. The number of nitrogens with zero attached hydrogens (tertiary/aromatic N) is 3. The van der Waals surface area contributed by atoms with Crippen LogP contribution in [0.3, 0.4) is 0 Å². The SMILES string of the molecule is N#CCCN1CC(O)CN(C(=O)c2ccc(F)cc2)CC1=O. The molecule has 0 bridgehead atoms. The molecular formula is C15H16FN3O3. The van der Waals surface area contributed by atoms with Gasteiger partial charge in [0.2, 0.25) is 5.91 Å². The highest BCUT2D eigenvalue weighted by Gasteiger charge is 2.29. The van der Waals surface area contributed by atoms with Crippen molar-refractivity contribution in [2.75, 3.05) is 26.2 Å². The summed E-state index contributed by atoms with van der Waals surface area (Å²) in [5, 5.41) is 18.5. The van der Waals surface area contributed by atoms with Crippen molar-refractivity contribution in [1.82, 2.24) is 9.80 Å². The molecule has 6 nitrogen and oxygen atoms in total. The highest BCUT2D eigenvalue weighted by Crippen LogP contribution is 2.11. The monoisotopic (exact) mass is 305 g/mol. The molecule has 1 aliphatic heterocycles. The number of hydrogen-bond acceptors (Lipinski definition) is 4. The van der Waals surface area contributed by atoms with Gasteiger partial charge in [-0.3, -0.25) is 9.59 Å². The van der Waals surface area contributed by atoms with Crippen LogP contribution in [0.2, 0.25) is 0 Å². The number of β-amino-alcohol motifs (C(OH)–C–C–N with tert-alkyl or cyclic N) is 1. The zero-order valence-corrected chi connectivity index (χ0v) is 11.9. The molecule has 2 amide bonds. The molecule has 22 heavy (non-hydrogen) atoms. The predicted molar refractivity (Wildman–Crippen MR) is 75.1 cm³/mol. The van der Waals surface area contributed by atoms with Crippen LogP contribution in [0, 0.1) is 17.1 Å². The normalized spacial score (nSPS) is 18.8. The lowest BCUT2D eigenvalue weighted by Gasteiger charge is -2.21. The number of rotatable bonds is 3. The summed E-state index contributed by atoms with van der Waals surface area (Å²) < 4.78 is 12.9. The number of aliphatic hydroxyl groups is 1. The van der Waals surface area contributed by atoms with Gasteiger partial charge in [-0.05, 0) is 24.3 Å². The van der Waals surface area contributed by atoms with Gasteiger partial charge >= 0.3 is 0 Å². The Labute approximate surface area is 127 Å². The molecule has 1 N–H and O–H groups in total. The third kappa shape index (κ3) is 3.80. The summed E-state index contributed by atoms with van der Waals surface area (Å²) in [5.74, 6) is -1.21. The molecule has 1 aromatic carbocycles. The van der Waals surface area contributed by atoms with Crippen LogP contribution in [0.25, 0.3) is 0 Å². The van der Waals surface area contributed by atoms with Gasteiger partial charge in [0.25, 0.3) is 5.91 Å². The van der Waals surface area contributed by atoms with E-state index in [1.807, 2.05) is 6.07 Å². The first-order valence-electron chi connectivity index (χ1n) is 6.89. The van der Waals surface area contributed by atoms with E-state index in [-0.39, 0.29) is 44.1 Å². The van der Waals surface area contributed by atoms with Crippen molar-refractivity contribution >= 4 is 11.8 Å². The lowest BCUT2D eigenvalue weighted by atomic mass is 10.2. The van der Waals surface area contributed by atoms with Crippen LogP contribution in [-0.2, 0) is 4.79 Å². The highest BCUT2D eigenvalue weighted by atomic mass is 19.1. The second-order valence-corrected chi connectivity index (χ2v) is 5.09. The molecule has 0 aliphatic carbocycles. The van der Waals surface area contributed by atoms with E-state index in [0.29, 0.717) is 0 Å². The van der Waals surface area contributed by atoms with Gasteiger partial charge in [0.05, 0.1) is 18.6 Å². The molecule has 0 spiro atoms. The van der Waals surface area contributed by atoms with E-state index < -0.39 is 17.8 Å². The summed E-state index contributed by atoms with van der Waals surface area (Å²) in [6.45, 7) is 0.169. The Morgan fingerprint density at radius 2 is 2.05 bits per heavy atom. The molecule has 2 rings (SSSR count). The Morgan fingerprint density at radius 1 is 1.36 bits per heavy atom. The van der Waals surface area contributed by atoms with Crippen LogP contribution >= 0.6 is 0 Å². The fraction of sp³-hybridized carbons (Fsp3) is 0.400. The third-order valence-electron chi connectivity index (χ3n) is 3.41. The van der Waals surface area contributed by atoms with Gasteiger partial charge in [-0.15, -0.1) is 0 Å². The number of carbonyl (C=O) groups is 2. The first-order chi connectivity index (χ1) is 10.5. The molecule has 1 heterocycles. The van der Waals surface area contributed by atoms with Crippen LogP contribution in [0.1, 0.15) is 16.8 Å². The maximum Gasteiger partial charge on any atom is 0.254 e. The second-order valence-electron chi connectivity index (χ2n) is 5.09. The molecule has 1 atom stereocenters. The lowest BCUT2D eigenvalue weighted by molar-refractivity contribution is -0.131. The molecule has 116 valence electrons. The van der Waals surface area contributed by atoms with E-state index >= 15 is 0 Å². The summed E-state index contributed by atoms with van der Waals surface area (Å²) in [7, 11) is 0. The fourth-order valence-electron chi connectivity index (χ4n) is 2.33. The van der Waals surface area contributed by atoms with Crippen LogP contribution in [0.5, 0.6) is 0 Å². The summed E-state index contributed by atoms with van der Waals surface area (Å²) >= 11 is 0. The van der Waals surface area contributed by atoms with Gasteiger partial charge in [-0.25, -0.2) is 4.39 Å². The van der Waals surface area contributed by atoms with Crippen molar-refractivity contribution in [1.29, 1.82) is 5.26 Å². The van der Waals surface area contributed by atoms with E-state index in [4.69, 9.17) is 5.26 Å². The van der Waals surface area contributed by atoms with Crippen molar-refractivity contribution in [2.24, 2.45) is 0 Å². The number of aliphatic hydroxyl groups excluding tert-OH is 1. The number of halogens is 1. The molecule has 7 heteroatoms. The predicted octanol–water partition coefficient (Wildman–Crippen LogP) is 0.385. The largest absolute Gasteiger partial charge is 0.389 e. The standard InChI is InChI=1S/C15H16FN3O3/c16-12-4-2-11(3-5-12)15(22)19-9-13(20)8-18(7-1-6-17)14(21)10-19/h2-5,13,20H,1,7-10H2. The van der Waals surface area contributed by atoms with Gasteiger partial charge in [0.1, 0.15) is 12.4 Å². The minimum absolute atomic E-state index is 0.0189. The molecular weight excluding hydrogens is 289 g/mol. The number of nitriles is 1. The Morgan fingerprint density at radius 3 is 2.68 bits per heavy atom. The Bertz CT molecular complexity index is 597. The highest BCUT2D eigenvalue weighted by molar-refractivity contribution is 5.96. The molecule has 0 radical (unpaired) electrons. The Balaban J connectivity index is 2.11. The van der Waals surface area contributed by atoms with Gasteiger partial charge in [-0.1, -0.05) is 0 Å². The van der Waals surface area contributed by atoms with Crippen LogP contribution in [0.15, 0.2) is 24.3 Å². The fourth-order valence-corrected chi connectivity index (χ4v) is 2.33. The van der Waals surface area contributed by atoms with E-state index in [0.717, 1.165) is 0 Å². The number of amides is 2. The second kappa shape index (κ2) is 7.00. The molecule has 1 aromatic rings. The maximum absolute atomic E-state index is 12.9. The van der Waals surface area contributed by atoms with E-state index in [2.05, 4.69) is 0 Å². The minimum Gasteiger partial charge on any atom is -0.389 e. The molecule has 0 saturated carbocycles. The van der Waals surface area contributed by atoms with Crippen molar-refractivity contribution in [3.05, 3.63) is 35.6 Å². The van der Waals surface area contributed by atoms with Crippen LogP contribution < -0.4 is 0 Å². The number of benzene rings is 1. The van der Waals surface area contributed by atoms with Gasteiger partial charge in [-0.2, -0.15) is 5.26 Å². The summed E-state index contributed by atoms with van der Waals surface area (Å²) in [5.41, 5.74) is 0.256. The lowest BCUT2D eigenvalue weighted by Crippen LogP contribution is -2.39. The molecule has 1 saturated heterocycles. The topological polar surface area (TPSA) is 84.6 Å². The quantitative estimate of drug-likeness (QED) is 0.875. The maximum atomic E-state index is 12.9. The first-order valence-corrected chi connectivity index (χ1v) is 6.89. The number of carbonyl (C=O) groups excluding carboxylic acids is 2. The van der Waals surface area contributed by atoms with E-state index in [1.165, 1.54) is 34.1 Å². The van der Waals surface area contributed by atoms with Crippen molar-refractivity contribution in [2.45, 2.75) is 12.5 Å². The zero-order valence-electron chi connectivity index (χ0n) is 11.9. The first kappa shape index (κ1) is 15.9.